The molecule has 54 heavy (non-hydrogen) atoms. The molecule has 0 radical (unpaired) electrons. The molecule has 4 aliphatic carbocycles. The van der Waals surface area contributed by atoms with E-state index in [9.17, 15) is 45.6 Å². The zero-order chi connectivity index (χ0) is 38.8. The quantitative estimate of drug-likeness (QED) is 0.134. The Kier molecular flexibility index (Phi) is 10.2. The fraction of sp³-hybridized carbons (Fsp3) is 0.923. The maximum absolute atomic E-state index is 12.7. The van der Waals surface area contributed by atoms with Crippen molar-refractivity contribution in [2.45, 2.75) is 171 Å². The number of ether oxygens (including phenoxy) is 6. The van der Waals surface area contributed by atoms with Crippen LogP contribution in [0.15, 0.2) is 11.6 Å². The first-order valence-electron chi connectivity index (χ1n) is 20.1. The van der Waals surface area contributed by atoms with Crippen LogP contribution >= 0.6 is 0 Å². The van der Waals surface area contributed by atoms with Crippen LogP contribution in [0.4, 0.5) is 0 Å². The average molecular weight is 769 g/mol. The molecule has 8 N–H and O–H groups in total. The van der Waals surface area contributed by atoms with Crippen molar-refractivity contribution in [3.05, 3.63) is 11.6 Å². The van der Waals surface area contributed by atoms with E-state index < -0.39 is 98.0 Å². The van der Waals surface area contributed by atoms with Gasteiger partial charge >= 0.3 is 5.97 Å². The number of carbonyl (C=O) groups is 1. The molecule has 0 bridgehead atoms. The van der Waals surface area contributed by atoms with E-state index in [0.717, 1.165) is 25.7 Å². The molecule has 1 spiro atoms. The molecule has 23 atom stereocenters. The van der Waals surface area contributed by atoms with Gasteiger partial charge in [0.15, 0.2) is 12.6 Å². The number of hydrogen-bond acceptors (Lipinski definition) is 15. The lowest BCUT2D eigenvalue weighted by molar-refractivity contribution is -0.369. The molecule has 0 aromatic heterocycles. The van der Waals surface area contributed by atoms with E-state index >= 15 is 0 Å². The highest BCUT2D eigenvalue weighted by Gasteiger charge is 2.74. The van der Waals surface area contributed by atoms with Crippen molar-refractivity contribution >= 4 is 5.97 Å². The maximum atomic E-state index is 12.7. The van der Waals surface area contributed by atoms with Crippen molar-refractivity contribution in [2.24, 2.45) is 46.3 Å². The third-order valence-corrected chi connectivity index (χ3v) is 15.6. The molecule has 4 heterocycles. The smallest absolute Gasteiger partial charge is 0.311 e. The molecular weight excluding hydrogens is 708 g/mol. The lowest BCUT2D eigenvalue weighted by atomic mass is 9.46. The maximum Gasteiger partial charge on any atom is 0.311 e. The Morgan fingerprint density at radius 2 is 1.57 bits per heavy atom. The minimum atomic E-state index is -1.65. The van der Waals surface area contributed by atoms with Gasteiger partial charge in [-0.1, -0.05) is 39.3 Å². The van der Waals surface area contributed by atoms with Gasteiger partial charge in [-0.05, 0) is 80.5 Å². The molecule has 0 aromatic rings. The summed E-state index contributed by atoms with van der Waals surface area (Å²) in [4.78, 5) is 12.7. The summed E-state index contributed by atoms with van der Waals surface area (Å²) < 4.78 is 36.4. The van der Waals surface area contributed by atoms with Gasteiger partial charge in [0.2, 0.25) is 5.79 Å². The molecule has 4 saturated heterocycles. The summed E-state index contributed by atoms with van der Waals surface area (Å²) in [7, 11) is 0. The third kappa shape index (κ3) is 5.74. The van der Waals surface area contributed by atoms with E-state index in [2.05, 4.69) is 19.9 Å². The van der Waals surface area contributed by atoms with Gasteiger partial charge in [-0.15, -0.1) is 0 Å². The summed E-state index contributed by atoms with van der Waals surface area (Å²) in [5, 5.41) is 86.2. The Morgan fingerprint density at radius 3 is 2.30 bits per heavy atom. The molecule has 3 saturated carbocycles. The van der Waals surface area contributed by atoms with Crippen LogP contribution in [-0.2, 0) is 33.2 Å². The van der Waals surface area contributed by atoms with Gasteiger partial charge in [-0.2, -0.15) is 0 Å². The predicted molar refractivity (Wildman–Crippen MR) is 184 cm³/mol. The summed E-state index contributed by atoms with van der Waals surface area (Å²) in [6, 6.07) is 0. The fourth-order valence-corrected chi connectivity index (χ4v) is 12.6. The van der Waals surface area contributed by atoms with Crippen molar-refractivity contribution in [2.75, 3.05) is 6.61 Å². The summed E-state index contributed by atoms with van der Waals surface area (Å²) >= 11 is 0. The van der Waals surface area contributed by atoms with Gasteiger partial charge < -0.3 is 69.3 Å². The number of rotatable bonds is 5. The second-order valence-corrected chi connectivity index (χ2v) is 18.4. The van der Waals surface area contributed by atoms with Gasteiger partial charge in [0.05, 0.1) is 36.9 Å². The molecule has 8 rings (SSSR count). The van der Waals surface area contributed by atoms with Gasteiger partial charge in [0, 0.05) is 11.8 Å². The van der Waals surface area contributed by atoms with Crippen molar-refractivity contribution in [3.8, 4) is 0 Å². The zero-order valence-electron chi connectivity index (χ0n) is 31.7. The van der Waals surface area contributed by atoms with Crippen LogP contribution in [0.2, 0.25) is 0 Å². The third-order valence-electron chi connectivity index (χ3n) is 15.6. The summed E-state index contributed by atoms with van der Waals surface area (Å²) in [6.45, 7) is 9.22. The van der Waals surface area contributed by atoms with E-state index in [4.69, 9.17) is 28.4 Å². The topological polar surface area (TPSA) is 234 Å². The fourth-order valence-electron chi connectivity index (χ4n) is 12.6. The Labute approximate surface area is 315 Å². The normalized spacial score (nSPS) is 58.5. The van der Waals surface area contributed by atoms with Gasteiger partial charge in [0.25, 0.3) is 0 Å². The van der Waals surface area contributed by atoms with Gasteiger partial charge in [-0.25, -0.2) is 0 Å². The number of aliphatic hydroxyl groups excluding tert-OH is 8. The highest BCUT2D eigenvalue weighted by molar-refractivity contribution is 5.73. The molecular formula is C39H60O15. The summed E-state index contributed by atoms with van der Waals surface area (Å²) in [5.41, 5.74) is 0.797. The minimum absolute atomic E-state index is 0.0402. The largest absolute Gasteiger partial charge is 0.430 e. The molecule has 4 aliphatic heterocycles. The molecule has 0 aromatic carbocycles. The highest BCUT2D eigenvalue weighted by atomic mass is 16.8. The van der Waals surface area contributed by atoms with Crippen LogP contribution in [0, 0.1) is 46.3 Å². The van der Waals surface area contributed by atoms with Crippen molar-refractivity contribution in [1.29, 1.82) is 0 Å². The predicted octanol–water partition coefficient (Wildman–Crippen LogP) is -0.142. The summed E-state index contributed by atoms with van der Waals surface area (Å²) in [6.07, 6.45) is -9.42. The number of carbonyl (C=O) groups excluding carboxylic acids is 1. The summed E-state index contributed by atoms with van der Waals surface area (Å²) in [5.74, 6) is -2.18. The molecule has 15 nitrogen and oxygen atoms in total. The van der Waals surface area contributed by atoms with Crippen LogP contribution in [0.25, 0.3) is 0 Å². The molecule has 7 fully saturated rings. The number of fused-ring (bicyclic) bond motifs is 7. The monoisotopic (exact) mass is 768 g/mol. The number of allylic oxidation sites excluding steroid dienone is 1. The zero-order valence-corrected chi connectivity index (χ0v) is 31.7. The first-order valence-corrected chi connectivity index (χ1v) is 20.1. The first kappa shape index (κ1) is 39.5. The minimum Gasteiger partial charge on any atom is -0.430 e. The van der Waals surface area contributed by atoms with Crippen molar-refractivity contribution < 1.29 is 74.1 Å². The Balaban J connectivity index is 0.986. The molecule has 8 aliphatic rings. The first-order chi connectivity index (χ1) is 25.5. The van der Waals surface area contributed by atoms with Crippen molar-refractivity contribution in [3.63, 3.8) is 0 Å². The second kappa shape index (κ2) is 13.9. The van der Waals surface area contributed by atoms with E-state index in [1.165, 1.54) is 12.5 Å². The Morgan fingerprint density at radius 1 is 0.833 bits per heavy atom. The Bertz CT molecular complexity index is 1460. The standard InChI is InChI=1S/C39H60O15/c1-15-12-23(41)39(54-34(15)48)16(2)24-32(53-39)28(44)25-20-7-6-18-13-19(8-10-37(18,4)21(20)9-11-38(24,25)5)50-36-33(30(46)27(43)22(14-40)51-36)52-35-31(47)29(45)26(42)17(3)49-35/h6,15-17,19-33,35-36,40-47H,7-14H2,1-5H3. The second-order valence-electron chi connectivity index (χ2n) is 18.4. The molecule has 23 unspecified atom stereocenters. The van der Waals surface area contributed by atoms with Crippen LogP contribution < -0.4 is 0 Å². The van der Waals surface area contributed by atoms with Crippen LogP contribution in [0.3, 0.4) is 0 Å². The van der Waals surface area contributed by atoms with Gasteiger partial charge in [0.1, 0.15) is 48.8 Å². The highest BCUT2D eigenvalue weighted by Crippen LogP contribution is 2.70. The molecule has 306 valence electrons. The van der Waals surface area contributed by atoms with Crippen LogP contribution in [0.5, 0.6) is 0 Å². The van der Waals surface area contributed by atoms with E-state index in [-0.39, 0.29) is 53.0 Å². The van der Waals surface area contributed by atoms with E-state index in [0.29, 0.717) is 18.8 Å². The van der Waals surface area contributed by atoms with E-state index in [1.54, 1.807) is 6.92 Å². The Hall–Kier alpha value is -1.31. The van der Waals surface area contributed by atoms with Crippen LogP contribution in [-0.4, -0.2) is 145 Å². The molecule has 0 amide bonds. The average Bonchev–Trinajstić information content (AvgIpc) is 3.55. The molecule has 15 heteroatoms. The van der Waals surface area contributed by atoms with Crippen molar-refractivity contribution in [1.82, 2.24) is 0 Å². The SMILES string of the molecule is CC1CC(O)C2(OC1=O)OC1C(O)C3C4CC=C5CC(OC6OC(CO)C(O)C(O)C6OC6OC(C)C(O)C(O)C6O)CCC5(C)C4CCC3(C)C1C2C. The van der Waals surface area contributed by atoms with E-state index in [1.807, 2.05) is 6.92 Å². The van der Waals surface area contributed by atoms with Gasteiger partial charge in [-0.3, -0.25) is 4.79 Å². The lowest BCUT2D eigenvalue weighted by Gasteiger charge is -2.59. The van der Waals surface area contributed by atoms with Crippen LogP contribution in [0.1, 0.15) is 79.6 Å². The number of esters is 1. The number of aliphatic hydroxyl groups is 8. The number of hydrogen-bond donors (Lipinski definition) is 8. The lowest BCUT2D eigenvalue weighted by Crippen LogP contribution is -2.64.